The average Bonchev–Trinajstić information content (AvgIpc) is 2.41. The number of rotatable bonds is 8. The Hall–Kier alpha value is -0.590. The molecule has 0 spiro atoms. The molecule has 0 saturated heterocycles. The van der Waals surface area contributed by atoms with Gasteiger partial charge in [-0.2, -0.15) is 0 Å². The van der Waals surface area contributed by atoms with Crippen LogP contribution in [-0.2, 0) is 11.3 Å². The minimum Gasteiger partial charge on any atom is -0.491 e. The predicted molar refractivity (Wildman–Crippen MR) is 92.6 cm³/mol. The van der Waals surface area contributed by atoms with Crippen LogP contribution in [0.3, 0.4) is 0 Å². The molecule has 118 valence electrons. The number of hydrogen-bond donors (Lipinski definition) is 2. The van der Waals surface area contributed by atoms with Crippen molar-refractivity contribution in [2.24, 2.45) is 5.92 Å². The first-order valence-corrected chi connectivity index (χ1v) is 8.54. The molecule has 0 aliphatic rings. The van der Waals surface area contributed by atoms with Crippen LogP contribution in [0, 0.1) is 5.92 Å². The number of carbonyl (C=O) groups excluding carboxylic acids is 1. The van der Waals surface area contributed by atoms with E-state index in [0.717, 1.165) is 27.8 Å². The molecule has 1 amide bonds. The number of ether oxygens (including phenoxy) is 1. The number of halogens is 2. The van der Waals surface area contributed by atoms with E-state index in [-0.39, 0.29) is 5.91 Å². The smallest absolute Gasteiger partial charge is 0.223 e. The third-order valence-corrected chi connectivity index (χ3v) is 3.97. The van der Waals surface area contributed by atoms with Gasteiger partial charge in [-0.3, -0.25) is 4.79 Å². The van der Waals surface area contributed by atoms with Crippen LogP contribution < -0.4 is 15.4 Å². The second-order valence-electron chi connectivity index (χ2n) is 5.18. The summed E-state index contributed by atoms with van der Waals surface area (Å²) in [7, 11) is 1.62. The number of benzene rings is 1. The molecular formula is C15H22Br2N2O2. The Kier molecular flexibility index (Phi) is 8.29. The van der Waals surface area contributed by atoms with Crippen molar-refractivity contribution in [3.05, 3.63) is 26.6 Å². The predicted octanol–water partition coefficient (Wildman–Crippen LogP) is 3.47. The first kappa shape index (κ1) is 18.5. The molecule has 21 heavy (non-hydrogen) atoms. The van der Waals surface area contributed by atoms with Crippen LogP contribution >= 0.6 is 31.9 Å². The summed E-state index contributed by atoms with van der Waals surface area (Å²) >= 11 is 7.04. The van der Waals surface area contributed by atoms with E-state index in [0.29, 0.717) is 18.9 Å². The topological polar surface area (TPSA) is 50.4 Å². The first-order valence-electron chi connectivity index (χ1n) is 6.96. The molecule has 0 saturated carbocycles. The van der Waals surface area contributed by atoms with Crippen LogP contribution in [-0.4, -0.2) is 26.1 Å². The monoisotopic (exact) mass is 420 g/mol. The molecule has 4 nitrogen and oxygen atoms in total. The van der Waals surface area contributed by atoms with E-state index in [1.807, 2.05) is 12.1 Å². The quantitative estimate of drug-likeness (QED) is 0.675. The van der Waals surface area contributed by atoms with Crippen LogP contribution in [0.1, 0.15) is 25.8 Å². The van der Waals surface area contributed by atoms with Gasteiger partial charge in [-0.05, 0) is 62.0 Å². The maximum Gasteiger partial charge on any atom is 0.223 e. The van der Waals surface area contributed by atoms with Gasteiger partial charge in [0.15, 0.2) is 0 Å². The third kappa shape index (κ3) is 6.80. The van der Waals surface area contributed by atoms with E-state index in [9.17, 15) is 4.79 Å². The van der Waals surface area contributed by atoms with Crippen molar-refractivity contribution in [1.82, 2.24) is 10.6 Å². The van der Waals surface area contributed by atoms with Crippen LogP contribution in [0.2, 0.25) is 0 Å². The standard InChI is InChI=1S/C15H22Br2N2O2/c1-10(2)8-19-9-11-6-12(16)15(13(17)7-11)21-5-4-14(20)18-3/h6-7,10,19H,4-5,8-9H2,1-3H3,(H,18,20). The Bertz CT molecular complexity index is 456. The lowest BCUT2D eigenvalue weighted by atomic mass is 10.2. The molecular weight excluding hydrogens is 400 g/mol. The Morgan fingerprint density at radius 3 is 2.43 bits per heavy atom. The Morgan fingerprint density at radius 2 is 1.90 bits per heavy atom. The van der Waals surface area contributed by atoms with E-state index < -0.39 is 0 Å². The van der Waals surface area contributed by atoms with Gasteiger partial charge in [-0.25, -0.2) is 0 Å². The third-order valence-electron chi connectivity index (χ3n) is 2.79. The molecule has 1 aromatic carbocycles. The summed E-state index contributed by atoms with van der Waals surface area (Å²) in [5.41, 5.74) is 1.17. The van der Waals surface area contributed by atoms with Crippen molar-refractivity contribution < 1.29 is 9.53 Å². The lowest BCUT2D eigenvalue weighted by molar-refractivity contribution is -0.121. The first-order chi connectivity index (χ1) is 9.93. The second kappa shape index (κ2) is 9.43. The zero-order chi connectivity index (χ0) is 15.8. The normalized spacial score (nSPS) is 10.8. The van der Waals surface area contributed by atoms with Gasteiger partial charge in [-0.15, -0.1) is 0 Å². The summed E-state index contributed by atoms with van der Waals surface area (Å²) < 4.78 is 7.43. The molecule has 0 atom stereocenters. The molecule has 0 radical (unpaired) electrons. The highest BCUT2D eigenvalue weighted by Gasteiger charge is 2.10. The van der Waals surface area contributed by atoms with Gasteiger partial charge in [0.25, 0.3) is 0 Å². The van der Waals surface area contributed by atoms with Gasteiger partial charge in [0.1, 0.15) is 5.75 Å². The molecule has 0 aromatic heterocycles. The van der Waals surface area contributed by atoms with Gasteiger partial charge >= 0.3 is 0 Å². The molecule has 0 heterocycles. The highest BCUT2D eigenvalue weighted by molar-refractivity contribution is 9.11. The SMILES string of the molecule is CNC(=O)CCOc1c(Br)cc(CNCC(C)C)cc1Br. The van der Waals surface area contributed by atoms with Crippen LogP contribution in [0.15, 0.2) is 21.1 Å². The lowest BCUT2D eigenvalue weighted by Crippen LogP contribution is -2.20. The van der Waals surface area contributed by atoms with Crippen LogP contribution in [0.25, 0.3) is 0 Å². The van der Waals surface area contributed by atoms with Crippen molar-refractivity contribution in [1.29, 1.82) is 0 Å². The van der Waals surface area contributed by atoms with E-state index in [1.54, 1.807) is 7.05 Å². The fourth-order valence-corrected chi connectivity index (χ4v) is 3.24. The number of hydrogen-bond acceptors (Lipinski definition) is 3. The fraction of sp³-hybridized carbons (Fsp3) is 0.533. The molecule has 0 bridgehead atoms. The van der Waals surface area contributed by atoms with Gasteiger partial charge in [0.05, 0.1) is 22.0 Å². The summed E-state index contributed by atoms with van der Waals surface area (Å²) in [6, 6.07) is 4.07. The lowest BCUT2D eigenvalue weighted by Gasteiger charge is -2.13. The van der Waals surface area contributed by atoms with Crippen molar-refractivity contribution >= 4 is 37.8 Å². The molecule has 1 rings (SSSR count). The van der Waals surface area contributed by atoms with Gasteiger partial charge in [0, 0.05) is 13.6 Å². The Labute approximate surface area is 143 Å². The van der Waals surface area contributed by atoms with Crippen molar-refractivity contribution in [2.45, 2.75) is 26.8 Å². The highest BCUT2D eigenvalue weighted by atomic mass is 79.9. The van der Waals surface area contributed by atoms with Gasteiger partial charge < -0.3 is 15.4 Å². The van der Waals surface area contributed by atoms with E-state index in [2.05, 4.69) is 56.3 Å². The molecule has 0 unspecified atom stereocenters. The maximum absolute atomic E-state index is 11.2. The number of amides is 1. The highest BCUT2D eigenvalue weighted by Crippen LogP contribution is 2.34. The summed E-state index contributed by atoms with van der Waals surface area (Å²) in [6.07, 6.45) is 0.340. The number of carbonyl (C=O) groups is 1. The molecule has 0 aliphatic heterocycles. The van der Waals surface area contributed by atoms with Crippen LogP contribution in [0.5, 0.6) is 5.75 Å². The summed E-state index contributed by atoms with van der Waals surface area (Å²) in [5, 5.41) is 5.98. The number of nitrogens with one attached hydrogen (secondary N) is 2. The second-order valence-corrected chi connectivity index (χ2v) is 6.89. The van der Waals surface area contributed by atoms with Crippen molar-refractivity contribution in [3.8, 4) is 5.75 Å². The van der Waals surface area contributed by atoms with E-state index in [1.165, 1.54) is 5.56 Å². The summed E-state index contributed by atoms with van der Waals surface area (Å²) in [6.45, 7) is 6.51. The van der Waals surface area contributed by atoms with Gasteiger partial charge in [0.2, 0.25) is 5.91 Å². The largest absolute Gasteiger partial charge is 0.491 e. The minimum atomic E-state index is -0.0308. The summed E-state index contributed by atoms with van der Waals surface area (Å²) in [4.78, 5) is 11.2. The molecule has 0 fully saturated rings. The minimum absolute atomic E-state index is 0.0308. The molecule has 2 N–H and O–H groups in total. The van der Waals surface area contributed by atoms with Crippen molar-refractivity contribution in [2.75, 3.05) is 20.2 Å². The summed E-state index contributed by atoms with van der Waals surface area (Å²) in [5.74, 6) is 1.33. The molecule has 0 aliphatic carbocycles. The zero-order valence-electron chi connectivity index (χ0n) is 12.6. The van der Waals surface area contributed by atoms with Crippen molar-refractivity contribution in [3.63, 3.8) is 0 Å². The van der Waals surface area contributed by atoms with Crippen LogP contribution in [0.4, 0.5) is 0 Å². The zero-order valence-corrected chi connectivity index (χ0v) is 15.8. The van der Waals surface area contributed by atoms with E-state index in [4.69, 9.17) is 4.74 Å². The van der Waals surface area contributed by atoms with Gasteiger partial charge in [-0.1, -0.05) is 13.8 Å². The molecule has 1 aromatic rings. The Morgan fingerprint density at radius 1 is 1.29 bits per heavy atom. The van der Waals surface area contributed by atoms with E-state index >= 15 is 0 Å². The fourth-order valence-electron chi connectivity index (χ4n) is 1.73. The Balaban J connectivity index is 2.60. The molecule has 6 heteroatoms. The average molecular weight is 422 g/mol. The maximum atomic E-state index is 11.2.